The minimum absolute atomic E-state index is 0.103. The highest BCUT2D eigenvalue weighted by Gasteiger charge is 2.31. The van der Waals surface area contributed by atoms with Gasteiger partial charge in [-0.25, -0.2) is 0 Å². The molecule has 2 aliphatic heterocycles. The van der Waals surface area contributed by atoms with Gasteiger partial charge in [0.2, 0.25) is 18.5 Å². The monoisotopic (exact) mass is 427 g/mol. The van der Waals surface area contributed by atoms with Crippen molar-refractivity contribution < 1.29 is 14.0 Å². The minimum Gasteiger partial charge on any atom is -0.454 e. The number of aromatic nitrogens is 4. The summed E-state index contributed by atoms with van der Waals surface area (Å²) in [6, 6.07) is 14.0. The molecule has 1 atom stereocenters. The summed E-state index contributed by atoms with van der Waals surface area (Å²) >= 11 is 0. The molecule has 1 fully saturated rings. The van der Waals surface area contributed by atoms with Crippen LogP contribution in [0.15, 0.2) is 65.6 Å². The Hall–Kier alpha value is -3.78. The van der Waals surface area contributed by atoms with Crippen molar-refractivity contribution in [2.45, 2.75) is 25.4 Å². The van der Waals surface area contributed by atoms with Crippen LogP contribution in [0.3, 0.4) is 0 Å². The maximum atomic E-state index is 5.68. The number of hydrogen-bond acceptors (Lipinski definition) is 8. The first-order chi connectivity index (χ1) is 15.8. The fourth-order valence-electron chi connectivity index (χ4n) is 4.28. The van der Waals surface area contributed by atoms with Gasteiger partial charge in [0.05, 0.1) is 11.7 Å². The van der Waals surface area contributed by atoms with Crippen molar-refractivity contribution in [3.63, 3.8) is 0 Å². The molecule has 0 aliphatic carbocycles. The number of benzene rings is 1. The normalized spacial score (nSPS) is 17.7. The number of ether oxygens (including phenoxy) is 2. The van der Waals surface area contributed by atoms with Crippen molar-refractivity contribution in [1.29, 1.82) is 0 Å². The molecule has 0 spiro atoms. The number of likely N-dealkylation sites (tertiary alicyclic amines) is 1. The number of rotatable bonds is 5. The van der Waals surface area contributed by atoms with Crippen LogP contribution in [0, 0.1) is 0 Å². The van der Waals surface area contributed by atoms with Gasteiger partial charge >= 0.3 is 0 Å². The Balaban J connectivity index is 1.19. The summed E-state index contributed by atoms with van der Waals surface area (Å²) in [7, 11) is 0. The van der Waals surface area contributed by atoms with Gasteiger partial charge in [0.1, 0.15) is 0 Å². The average molecular weight is 427 g/mol. The highest BCUT2D eigenvalue weighted by Crippen LogP contribution is 2.36. The highest BCUT2D eigenvalue weighted by molar-refractivity contribution is 5.62. The van der Waals surface area contributed by atoms with E-state index in [4.69, 9.17) is 19.0 Å². The van der Waals surface area contributed by atoms with Gasteiger partial charge in [-0.3, -0.25) is 14.9 Å². The molecule has 6 rings (SSSR count). The Morgan fingerprint density at radius 1 is 0.969 bits per heavy atom. The second-order valence-corrected chi connectivity index (χ2v) is 7.94. The summed E-state index contributed by atoms with van der Waals surface area (Å²) in [5, 5.41) is 4.22. The van der Waals surface area contributed by atoms with Crippen LogP contribution in [0.2, 0.25) is 0 Å². The molecule has 1 unspecified atom stereocenters. The number of fused-ring (bicyclic) bond motifs is 1. The maximum Gasteiger partial charge on any atom is 0.244 e. The molecule has 0 saturated carbocycles. The summed E-state index contributed by atoms with van der Waals surface area (Å²) in [5.41, 5.74) is 3.91. The van der Waals surface area contributed by atoms with Crippen molar-refractivity contribution in [3.8, 4) is 34.1 Å². The first-order valence-corrected chi connectivity index (χ1v) is 10.7. The lowest BCUT2D eigenvalue weighted by Crippen LogP contribution is -2.23. The average Bonchev–Trinajstić information content (AvgIpc) is 3.60. The second-order valence-electron chi connectivity index (χ2n) is 7.94. The standard InChI is InChI=1S/C24H21N5O3/c1-2-20(29(11-1)14-16-3-6-21-22(12-16)31-15-30-21)24-27-23(28-32-24)18-4-5-19(26-13-18)17-7-9-25-10-8-17/h3-10,12-13,20H,1-2,11,14-15H2. The Kier molecular flexibility index (Phi) is 4.77. The van der Waals surface area contributed by atoms with Crippen LogP contribution in [0.1, 0.15) is 30.3 Å². The highest BCUT2D eigenvalue weighted by atomic mass is 16.7. The van der Waals surface area contributed by atoms with Crippen LogP contribution in [0.4, 0.5) is 0 Å². The molecule has 32 heavy (non-hydrogen) atoms. The molecule has 8 heteroatoms. The molecule has 5 heterocycles. The predicted molar refractivity (Wildman–Crippen MR) is 116 cm³/mol. The van der Waals surface area contributed by atoms with E-state index in [1.807, 2.05) is 36.4 Å². The summed E-state index contributed by atoms with van der Waals surface area (Å²) in [6.45, 7) is 2.06. The van der Waals surface area contributed by atoms with Crippen LogP contribution < -0.4 is 9.47 Å². The van der Waals surface area contributed by atoms with E-state index in [2.05, 4.69) is 26.1 Å². The van der Waals surface area contributed by atoms with Gasteiger partial charge in [-0.1, -0.05) is 11.2 Å². The first-order valence-electron chi connectivity index (χ1n) is 10.7. The zero-order chi connectivity index (χ0) is 21.3. The Morgan fingerprint density at radius 2 is 1.88 bits per heavy atom. The van der Waals surface area contributed by atoms with Gasteiger partial charge in [-0.05, 0) is 61.3 Å². The van der Waals surface area contributed by atoms with E-state index in [1.165, 1.54) is 5.56 Å². The van der Waals surface area contributed by atoms with E-state index >= 15 is 0 Å². The van der Waals surface area contributed by atoms with Crippen LogP contribution in [-0.4, -0.2) is 38.3 Å². The molecule has 0 N–H and O–H groups in total. The minimum atomic E-state index is 0.103. The smallest absolute Gasteiger partial charge is 0.244 e. The van der Waals surface area contributed by atoms with Crippen molar-refractivity contribution in [3.05, 3.63) is 72.5 Å². The Morgan fingerprint density at radius 3 is 2.75 bits per heavy atom. The molecule has 160 valence electrons. The van der Waals surface area contributed by atoms with Gasteiger partial charge in [-0.2, -0.15) is 4.98 Å². The first kappa shape index (κ1) is 18.9. The molecule has 0 radical (unpaired) electrons. The van der Waals surface area contributed by atoms with E-state index in [1.54, 1.807) is 18.6 Å². The lowest BCUT2D eigenvalue weighted by molar-refractivity contribution is 0.173. The van der Waals surface area contributed by atoms with Crippen LogP contribution >= 0.6 is 0 Å². The molecule has 1 saturated heterocycles. The van der Waals surface area contributed by atoms with E-state index in [-0.39, 0.29) is 12.8 Å². The van der Waals surface area contributed by atoms with Crippen molar-refractivity contribution in [1.82, 2.24) is 25.0 Å². The third-order valence-corrected chi connectivity index (χ3v) is 5.91. The van der Waals surface area contributed by atoms with Crippen LogP contribution in [0.25, 0.3) is 22.6 Å². The summed E-state index contributed by atoms with van der Waals surface area (Å²) in [4.78, 5) is 15.7. The van der Waals surface area contributed by atoms with E-state index in [0.717, 1.165) is 54.3 Å². The summed E-state index contributed by atoms with van der Waals surface area (Å²) in [6.07, 6.45) is 7.38. The fourth-order valence-corrected chi connectivity index (χ4v) is 4.28. The molecular weight excluding hydrogens is 406 g/mol. The Bertz CT molecular complexity index is 1230. The molecule has 4 aromatic rings. The molecular formula is C24H21N5O3. The van der Waals surface area contributed by atoms with Gasteiger partial charge in [0.15, 0.2) is 11.5 Å². The molecule has 1 aromatic carbocycles. The van der Waals surface area contributed by atoms with Crippen LogP contribution in [0.5, 0.6) is 11.5 Å². The molecule has 3 aromatic heterocycles. The maximum absolute atomic E-state index is 5.68. The van der Waals surface area contributed by atoms with E-state index in [0.29, 0.717) is 11.7 Å². The van der Waals surface area contributed by atoms with Crippen molar-refractivity contribution >= 4 is 0 Å². The number of nitrogens with zero attached hydrogens (tertiary/aromatic N) is 5. The number of hydrogen-bond donors (Lipinski definition) is 0. The molecule has 8 nitrogen and oxygen atoms in total. The van der Waals surface area contributed by atoms with E-state index in [9.17, 15) is 0 Å². The summed E-state index contributed by atoms with van der Waals surface area (Å²) in [5.74, 6) is 2.82. The zero-order valence-corrected chi connectivity index (χ0v) is 17.3. The zero-order valence-electron chi connectivity index (χ0n) is 17.3. The summed E-state index contributed by atoms with van der Waals surface area (Å²) < 4.78 is 16.6. The third kappa shape index (κ3) is 3.58. The van der Waals surface area contributed by atoms with Crippen molar-refractivity contribution in [2.24, 2.45) is 0 Å². The SMILES string of the molecule is c1cc(-c2ccc(-c3noc(C4CCCN4Cc4ccc5c(c4)OCO5)n3)cn2)ccn1. The molecule has 2 aliphatic rings. The van der Waals surface area contributed by atoms with Gasteiger partial charge in [0, 0.05) is 36.3 Å². The van der Waals surface area contributed by atoms with E-state index < -0.39 is 0 Å². The lowest BCUT2D eigenvalue weighted by atomic mass is 10.1. The third-order valence-electron chi connectivity index (χ3n) is 5.91. The van der Waals surface area contributed by atoms with Gasteiger partial charge in [-0.15, -0.1) is 0 Å². The number of pyridine rings is 2. The van der Waals surface area contributed by atoms with Gasteiger partial charge < -0.3 is 14.0 Å². The quantitative estimate of drug-likeness (QED) is 0.467. The predicted octanol–water partition coefficient (Wildman–Crippen LogP) is 4.26. The van der Waals surface area contributed by atoms with Crippen molar-refractivity contribution in [2.75, 3.05) is 13.3 Å². The second kappa shape index (κ2) is 8.05. The molecule has 0 bridgehead atoms. The topological polar surface area (TPSA) is 86.4 Å². The lowest BCUT2D eigenvalue weighted by Gasteiger charge is -2.21. The Labute approximate surface area is 184 Å². The fraction of sp³-hybridized carbons (Fsp3) is 0.250. The van der Waals surface area contributed by atoms with Gasteiger partial charge in [0.25, 0.3) is 0 Å². The largest absolute Gasteiger partial charge is 0.454 e. The molecule has 0 amide bonds. The van der Waals surface area contributed by atoms with Crippen LogP contribution in [-0.2, 0) is 6.54 Å².